The summed E-state index contributed by atoms with van der Waals surface area (Å²) in [5.74, 6) is 0. The summed E-state index contributed by atoms with van der Waals surface area (Å²) in [6.07, 6.45) is 3.01. The van der Waals surface area contributed by atoms with Crippen LogP contribution in [0.1, 0.15) is 23.2 Å². The Morgan fingerprint density at radius 1 is 1.32 bits per heavy atom. The first-order chi connectivity index (χ1) is 9.31. The average molecular weight is 272 g/mol. The van der Waals surface area contributed by atoms with Gasteiger partial charge in [0.1, 0.15) is 0 Å². The molecule has 1 N–H and O–H groups in total. The smallest absolute Gasteiger partial charge is 0.0926 e. The SMILES string of the molecule is CCc1nc(Cn2cc(CO)c3ccccc32)cs1. The molecular formula is C15H16N2OS. The van der Waals surface area contributed by atoms with Gasteiger partial charge in [0.2, 0.25) is 0 Å². The van der Waals surface area contributed by atoms with Crippen LogP contribution in [0.5, 0.6) is 0 Å². The molecule has 0 unspecified atom stereocenters. The molecule has 19 heavy (non-hydrogen) atoms. The van der Waals surface area contributed by atoms with Gasteiger partial charge in [-0.3, -0.25) is 0 Å². The molecule has 0 atom stereocenters. The Hall–Kier alpha value is -1.65. The van der Waals surface area contributed by atoms with Crippen LogP contribution in [0.15, 0.2) is 35.8 Å². The van der Waals surface area contributed by atoms with Crippen LogP contribution in [0, 0.1) is 0 Å². The molecule has 0 saturated heterocycles. The summed E-state index contributed by atoms with van der Waals surface area (Å²) in [5.41, 5.74) is 3.21. The highest BCUT2D eigenvalue weighted by Crippen LogP contribution is 2.22. The zero-order valence-electron chi connectivity index (χ0n) is 10.8. The van der Waals surface area contributed by atoms with Gasteiger partial charge in [-0.15, -0.1) is 11.3 Å². The number of nitrogens with zero attached hydrogens (tertiary/aromatic N) is 2. The van der Waals surface area contributed by atoms with Crippen LogP contribution in [0.3, 0.4) is 0 Å². The lowest BCUT2D eigenvalue weighted by Gasteiger charge is -2.02. The number of rotatable bonds is 4. The molecule has 0 amide bonds. The van der Waals surface area contributed by atoms with Gasteiger partial charge in [-0.1, -0.05) is 25.1 Å². The van der Waals surface area contributed by atoms with Crippen molar-refractivity contribution in [2.24, 2.45) is 0 Å². The molecule has 3 aromatic rings. The van der Waals surface area contributed by atoms with Gasteiger partial charge in [-0.2, -0.15) is 0 Å². The lowest BCUT2D eigenvalue weighted by Crippen LogP contribution is -1.98. The maximum absolute atomic E-state index is 9.43. The Morgan fingerprint density at radius 2 is 2.16 bits per heavy atom. The summed E-state index contributed by atoms with van der Waals surface area (Å²) >= 11 is 1.71. The maximum Gasteiger partial charge on any atom is 0.0926 e. The van der Waals surface area contributed by atoms with Crippen molar-refractivity contribution in [3.63, 3.8) is 0 Å². The van der Waals surface area contributed by atoms with Gasteiger partial charge in [-0.25, -0.2) is 4.98 Å². The van der Waals surface area contributed by atoms with Crippen molar-refractivity contribution >= 4 is 22.2 Å². The minimum atomic E-state index is 0.0742. The molecule has 0 aliphatic heterocycles. The normalized spacial score (nSPS) is 11.3. The lowest BCUT2D eigenvalue weighted by atomic mass is 10.2. The van der Waals surface area contributed by atoms with Crippen LogP contribution < -0.4 is 0 Å². The molecule has 3 rings (SSSR count). The van der Waals surface area contributed by atoms with Crippen LogP contribution in [0.4, 0.5) is 0 Å². The molecule has 0 fully saturated rings. The zero-order valence-corrected chi connectivity index (χ0v) is 11.7. The van der Waals surface area contributed by atoms with E-state index in [1.807, 2.05) is 18.3 Å². The number of para-hydroxylation sites is 1. The Labute approximate surface area is 116 Å². The maximum atomic E-state index is 9.43. The molecule has 98 valence electrons. The van der Waals surface area contributed by atoms with E-state index in [4.69, 9.17) is 0 Å². The van der Waals surface area contributed by atoms with Gasteiger partial charge < -0.3 is 9.67 Å². The van der Waals surface area contributed by atoms with Crippen molar-refractivity contribution in [3.8, 4) is 0 Å². The predicted molar refractivity (Wildman–Crippen MR) is 78.5 cm³/mol. The summed E-state index contributed by atoms with van der Waals surface area (Å²) in [4.78, 5) is 4.60. The highest BCUT2D eigenvalue weighted by molar-refractivity contribution is 7.09. The summed E-state index contributed by atoms with van der Waals surface area (Å²) < 4.78 is 2.16. The first-order valence-corrected chi connectivity index (χ1v) is 7.30. The van der Waals surface area contributed by atoms with Crippen molar-refractivity contribution < 1.29 is 5.11 Å². The fourth-order valence-electron chi connectivity index (χ4n) is 2.34. The Bertz CT molecular complexity index is 699. The second kappa shape index (κ2) is 5.15. The fourth-order valence-corrected chi connectivity index (χ4v) is 3.07. The van der Waals surface area contributed by atoms with Crippen LogP contribution in [-0.4, -0.2) is 14.7 Å². The Balaban J connectivity index is 2.00. The molecular weight excluding hydrogens is 256 g/mol. The third-order valence-corrected chi connectivity index (χ3v) is 4.32. The standard InChI is InChI=1S/C15H16N2OS/c1-2-15-16-12(10-19-15)8-17-7-11(9-18)13-5-3-4-6-14(13)17/h3-7,10,18H,2,8-9H2,1H3. The molecule has 0 bridgehead atoms. The molecule has 4 heteroatoms. The van der Waals surface area contributed by atoms with Gasteiger partial charge in [0, 0.05) is 28.0 Å². The Kier molecular flexibility index (Phi) is 3.36. The van der Waals surface area contributed by atoms with Crippen molar-refractivity contribution in [2.45, 2.75) is 26.5 Å². The first kappa shape index (κ1) is 12.4. The molecule has 0 saturated carbocycles. The fraction of sp³-hybridized carbons (Fsp3) is 0.267. The number of aryl methyl sites for hydroxylation is 1. The van der Waals surface area contributed by atoms with Crippen molar-refractivity contribution in [1.82, 2.24) is 9.55 Å². The van der Waals surface area contributed by atoms with Crippen LogP contribution >= 0.6 is 11.3 Å². The largest absolute Gasteiger partial charge is 0.392 e. The minimum absolute atomic E-state index is 0.0742. The number of hydrogen-bond donors (Lipinski definition) is 1. The molecule has 1 aromatic carbocycles. The summed E-state index contributed by atoms with van der Waals surface area (Å²) in [6.45, 7) is 2.96. The summed E-state index contributed by atoms with van der Waals surface area (Å²) in [7, 11) is 0. The number of hydrogen-bond acceptors (Lipinski definition) is 3. The number of benzene rings is 1. The number of fused-ring (bicyclic) bond motifs is 1. The van der Waals surface area contributed by atoms with E-state index < -0.39 is 0 Å². The highest BCUT2D eigenvalue weighted by Gasteiger charge is 2.08. The van der Waals surface area contributed by atoms with Crippen molar-refractivity contribution in [3.05, 3.63) is 52.1 Å². The summed E-state index contributed by atoms with van der Waals surface area (Å²) in [6, 6.07) is 8.17. The Morgan fingerprint density at radius 3 is 2.89 bits per heavy atom. The molecule has 2 heterocycles. The van der Waals surface area contributed by atoms with Crippen LogP contribution in [-0.2, 0) is 19.6 Å². The molecule has 0 radical (unpaired) electrons. The predicted octanol–water partition coefficient (Wildman–Crippen LogP) is 3.20. The second-order valence-corrected chi connectivity index (χ2v) is 5.49. The van der Waals surface area contributed by atoms with Gasteiger partial charge in [0.25, 0.3) is 0 Å². The summed E-state index contributed by atoms with van der Waals surface area (Å²) in [5, 5.41) is 13.8. The monoisotopic (exact) mass is 272 g/mol. The third kappa shape index (κ3) is 2.29. The minimum Gasteiger partial charge on any atom is -0.392 e. The van der Waals surface area contributed by atoms with E-state index >= 15 is 0 Å². The average Bonchev–Trinajstić information content (AvgIpc) is 3.04. The van der Waals surface area contributed by atoms with Gasteiger partial charge in [0.15, 0.2) is 0 Å². The molecule has 0 aliphatic carbocycles. The number of aromatic nitrogens is 2. The second-order valence-electron chi connectivity index (χ2n) is 4.54. The van der Waals surface area contributed by atoms with Crippen molar-refractivity contribution in [2.75, 3.05) is 0 Å². The van der Waals surface area contributed by atoms with E-state index in [1.165, 1.54) is 5.01 Å². The van der Waals surface area contributed by atoms with E-state index in [-0.39, 0.29) is 6.61 Å². The lowest BCUT2D eigenvalue weighted by molar-refractivity contribution is 0.283. The molecule has 0 spiro atoms. The van der Waals surface area contributed by atoms with Gasteiger partial charge in [-0.05, 0) is 12.5 Å². The zero-order chi connectivity index (χ0) is 13.2. The van der Waals surface area contributed by atoms with Crippen molar-refractivity contribution in [1.29, 1.82) is 0 Å². The topological polar surface area (TPSA) is 38.0 Å². The van der Waals surface area contributed by atoms with Gasteiger partial charge in [0.05, 0.1) is 23.9 Å². The number of aliphatic hydroxyl groups is 1. The van der Waals surface area contributed by atoms with Crippen LogP contribution in [0.25, 0.3) is 10.9 Å². The molecule has 3 nitrogen and oxygen atoms in total. The quantitative estimate of drug-likeness (QED) is 0.792. The number of thiazole rings is 1. The van der Waals surface area contributed by atoms with Crippen LogP contribution in [0.2, 0.25) is 0 Å². The first-order valence-electron chi connectivity index (χ1n) is 6.42. The van der Waals surface area contributed by atoms with E-state index in [1.54, 1.807) is 11.3 Å². The van der Waals surface area contributed by atoms with E-state index in [0.717, 1.165) is 35.1 Å². The van der Waals surface area contributed by atoms with E-state index in [9.17, 15) is 5.11 Å². The van der Waals surface area contributed by atoms with E-state index in [0.29, 0.717) is 0 Å². The number of aliphatic hydroxyl groups excluding tert-OH is 1. The third-order valence-electron chi connectivity index (χ3n) is 3.28. The van der Waals surface area contributed by atoms with Gasteiger partial charge >= 0.3 is 0 Å². The molecule has 2 aromatic heterocycles. The highest BCUT2D eigenvalue weighted by atomic mass is 32.1. The van der Waals surface area contributed by atoms with E-state index in [2.05, 4.69) is 34.0 Å². The molecule has 0 aliphatic rings.